The van der Waals surface area contributed by atoms with Crippen molar-refractivity contribution in [2.45, 2.75) is 25.2 Å². The number of nitrogens with one attached hydrogen (secondary N) is 1. The number of amides is 1. The molecule has 0 radical (unpaired) electrons. The molecule has 19 heavy (non-hydrogen) atoms. The van der Waals surface area contributed by atoms with Gasteiger partial charge in [-0.25, -0.2) is 0 Å². The van der Waals surface area contributed by atoms with E-state index in [2.05, 4.69) is 29.9 Å². The van der Waals surface area contributed by atoms with Crippen LogP contribution < -0.4 is 5.73 Å². The monoisotopic (exact) mass is 255 g/mol. The zero-order valence-electron chi connectivity index (χ0n) is 11.1. The van der Waals surface area contributed by atoms with Gasteiger partial charge in [-0.1, -0.05) is 32.0 Å². The van der Waals surface area contributed by atoms with Gasteiger partial charge in [0.15, 0.2) is 0 Å². The Labute approximate surface area is 111 Å². The Bertz CT molecular complexity index is 682. The molecule has 0 fully saturated rings. The normalized spacial score (nSPS) is 21.1. The summed E-state index contributed by atoms with van der Waals surface area (Å²) in [7, 11) is 0. The Balaban J connectivity index is 2.36. The summed E-state index contributed by atoms with van der Waals surface area (Å²) in [5.41, 5.74) is 8.49. The average Bonchev–Trinajstić information content (AvgIpc) is 2.67. The van der Waals surface area contributed by atoms with Crippen LogP contribution in [0.4, 0.5) is 0 Å². The smallest absolute Gasteiger partial charge is 0.231 e. The van der Waals surface area contributed by atoms with Gasteiger partial charge in [0.1, 0.15) is 5.92 Å². The number of aromatic amines is 1. The van der Waals surface area contributed by atoms with Crippen molar-refractivity contribution in [1.29, 1.82) is 0 Å². The third-order valence-electron chi connectivity index (χ3n) is 3.77. The number of rotatable bonds is 1. The maximum atomic E-state index is 11.7. The molecule has 4 heteroatoms. The van der Waals surface area contributed by atoms with Crippen molar-refractivity contribution in [2.75, 3.05) is 6.54 Å². The van der Waals surface area contributed by atoms with E-state index in [1.807, 2.05) is 18.2 Å². The predicted octanol–water partition coefficient (Wildman–Crippen LogP) is 2.10. The van der Waals surface area contributed by atoms with E-state index in [4.69, 9.17) is 5.73 Å². The predicted molar refractivity (Wildman–Crippen MR) is 76.6 cm³/mol. The maximum absolute atomic E-state index is 11.7. The molecule has 1 unspecified atom stereocenters. The molecule has 0 bridgehead atoms. The quantitative estimate of drug-likeness (QED) is 0.804. The molecule has 1 aromatic heterocycles. The van der Waals surface area contributed by atoms with E-state index >= 15 is 0 Å². The SMILES string of the molecule is CC1(C)CN=CC(C(N)=O)c2[nH]c3ccccc3c21. The van der Waals surface area contributed by atoms with E-state index in [9.17, 15) is 4.79 Å². The molecule has 1 amide bonds. The standard InChI is InChI=1S/C15H17N3O/c1-15(2)8-17-7-10(14(16)19)13-12(15)9-5-3-4-6-11(9)18-13/h3-7,10,18H,8H2,1-2H3,(H2,16,19). The summed E-state index contributed by atoms with van der Waals surface area (Å²) in [4.78, 5) is 19.4. The van der Waals surface area contributed by atoms with E-state index in [1.54, 1.807) is 6.21 Å². The molecule has 4 nitrogen and oxygen atoms in total. The Morgan fingerprint density at radius 2 is 2.16 bits per heavy atom. The Morgan fingerprint density at radius 1 is 1.42 bits per heavy atom. The van der Waals surface area contributed by atoms with Gasteiger partial charge in [-0.2, -0.15) is 0 Å². The number of fused-ring (bicyclic) bond motifs is 3. The van der Waals surface area contributed by atoms with E-state index < -0.39 is 5.92 Å². The number of primary amides is 1. The minimum atomic E-state index is -0.468. The molecule has 2 aromatic rings. The summed E-state index contributed by atoms with van der Waals surface area (Å²) in [6, 6.07) is 8.10. The highest BCUT2D eigenvalue weighted by Crippen LogP contribution is 2.38. The molecule has 1 aliphatic heterocycles. The van der Waals surface area contributed by atoms with Crippen LogP contribution in [0.2, 0.25) is 0 Å². The summed E-state index contributed by atoms with van der Waals surface area (Å²) in [6.45, 7) is 4.95. The average molecular weight is 255 g/mol. The number of carbonyl (C=O) groups excluding carboxylic acids is 1. The second kappa shape index (κ2) is 3.95. The fraction of sp³-hybridized carbons (Fsp3) is 0.333. The van der Waals surface area contributed by atoms with Crippen molar-refractivity contribution in [3.05, 3.63) is 35.5 Å². The van der Waals surface area contributed by atoms with Crippen molar-refractivity contribution in [3.8, 4) is 0 Å². The van der Waals surface area contributed by atoms with Crippen molar-refractivity contribution >= 4 is 23.0 Å². The fourth-order valence-corrected chi connectivity index (χ4v) is 2.88. The molecule has 98 valence electrons. The third kappa shape index (κ3) is 1.75. The summed E-state index contributed by atoms with van der Waals surface area (Å²) < 4.78 is 0. The van der Waals surface area contributed by atoms with E-state index in [1.165, 1.54) is 0 Å². The number of aliphatic imine (C=N–C) groups is 1. The first-order valence-electron chi connectivity index (χ1n) is 6.41. The van der Waals surface area contributed by atoms with Crippen molar-refractivity contribution < 1.29 is 4.79 Å². The zero-order chi connectivity index (χ0) is 13.6. The second-order valence-corrected chi connectivity index (χ2v) is 5.71. The molecule has 0 saturated heterocycles. The Kier molecular flexibility index (Phi) is 2.49. The van der Waals surface area contributed by atoms with E-state index in [0.717, 1.165) is 22.2 Å². The number of hydrogen-bond donors (Lipinski definition) is 2. The minimum absolute atomic E-state index is 0.115. The molecular formula is C15H17N3O. The van der Waals surface area contributed by atoms with Gasteiger partial charge in [-0.3, -0.25) is 9.79 Å². The lowest BCUT2D eigenvalue weighted by atomic mass is 9.81. The number of para-hydroxylation sites is 1. The highest BCUT2D eigenvalue weighted by Gasteiger charge is 2.34. The first-order valence-corrected chi connectivity index (χ1v) is 6.41. The van der Waals surface area contributed by atoms with Crippen molar-refractivity contribution in [3.63, 3.8) is 0 Å². The lowest BCUT2D eigenvalue weighted by molar-refractivity contribution is -0.118. The van der Waals surface area contributed by atoms with Gasteiger partial charge in [0.2, 0.25) is 5.91 Å². The number of nitrogens with two attached hydrogens (primary N) is 1. The van der Waals surface area contributed by atoms with Crippen molar-refractivity contribution in [1.82, 2.24) is 4.98 Å². The summed E-state index contributed by atoms with van der Waals surface area (Å²) in [6.07, 6.45) is 1.67. The van der Waals surface area contributed by atoms with Crippen molar-refractivity contribution in [2.24, 2.45) is 10.7 Å². The minimum Gasteiger partial charge on any atom is -0.369 e. The van der Waals surface area contributed by atoms with Gasteiger partial charge < -0.3 is 10.7 Å². The molecular weight excluding hydrogens is 238 g/mol. The number of H-pyrrole nitrogens is 1. The number of nitrogens with zero attached hydrogens (tertiary/aromatic N) is 1. The van der Waals surface area contributed by atoms with Crippen LogP contribution in [0.15, 0.2) is 29.3 Å². The van der Waals surface area contributed by atoms with Crippen LogP contribution >= 0.6 is 0 Å². The molecule has 0 saturated carbocycles. The topological polar surface area (TPSA) is 71.2 Å². The zero-order valence-corrected chi connectivity index (χ0v) is 11.1. The van der Waals surface area contributed by atoms with Crippen LogP contribution in [0.5, 0.6) is 0 Å². The Hall–Kier alpha value is -2.10. The number of carbonyl (C=O) groups is 1. The van der Waals surface area contributed by atoms with Gasteiger partial charge in [-0.05, 0) is 11.6 Å². The highest BCUT2D eigenvalue weighted by atomic mass is 16.1. The third-order valence-corrected chi connectivity index (χ3v) is 3.77. The van der Waals surface area contributed by atoms with E-state index in [-0.39, 0.29) is 11.3 Å². The van der Waals surface area contributed by atoms with Gasteiger partial charge in [0, 0.05) is 34.8 Å². The largest absolute Gasteiger partial charge is 0.369 e. The fourth-order valence-electron chi connectivity index (χ4n) is 2.88. The molecule has 0 aliphatic carbocycles. The molecule has 1 atom stereocenters. The van der Waals surface area contributed by atoms with Crippen LogP contribution in [0.1, 0.15) is 31.0 Å². The molecule has 0 spiro atoms. The highest BCUT2D eigenvalue weighted by molar-refractivity contribution is 6.01. The molecule has 2 heterocycles. The molecule has 1 aromatic carbocycles. The molecule has 3 N–H and O–H groups in total. The summed E-state index contributed by atoms with van der Waals surface area (Å²) in [5, 5.41) is 1.15. The number of benzene rings is 1. The van der Waals surface area contributed by atoms with Gasteiger partial charge in [-0.15, -0.1) is 0 Å². The van der Waals surface area contributed by atoms with Crippen LogP contribution in [0, 0.1) is 0 Å². The van der Waals surface area contributed by atoms with Gasteiger partial charge in [0.05, 0.1) is 0 Å². The van der Waals surface area contributed by atoms with Gasteiger partial charge >= 0.3 is 0 Å². The van der Waals surface area contributed by atoms with Gasteiger partial charge in [0.25, 0.3) is 0 Å². The lowest BCUT2D eigenvalue weighted by Gasteiger charge is -2.23. The molecule has 3 rings (SSSR count). The van der Waals surface area contributed by atoms with Crippen LogP contribution in [-0.2, 0) is 10.2 Å². The van der Waals surface area contributed by atoms with E-state index in [0.29, 0.717) is 6.54 Å². The molecule has 1 aliphatic rings. The summed E-state index contributed by atoms with van der Waals surface area (Å²) >= 11 is 0. The first kappa shape index (κ1) is 12.0. The maximum Gasteiger partial charge on any atom is 0.231 e. The van der Waals surface area contributed by atoms with Crippen LogP contribution in [0.25, 0.3) is 10.9 Å². The van der Waals surface area contributed by atoms with Crippen LogP contribution in [0.3, 0.4) is 0 Å². The Morgan fingerprint density at radius 3 is 2.89 bits per heavy atom. The van der Waals surface area contributed by atoms with Crippen LogP contribution in [-0.4, -0.2) is 23.7 Å². The number of aromatic nitrogens is 1. The first-order chi connectivity index (χ1) is 9.00. The summed E-state index contributed by atoms with van der Waals surface area (Å²) in [5.74, 6) is -0.835. The second-order valence-electron chi connectivity index (χ2n) is 5.71. The lowest BCUT2D eigenvalue weighted by Crippen LogP contribution is -2.25. The number of hydrogen-bond acceptors (Lipinski definition) is 2.